The van der Waals surface area contributed by atoms with Crippen LogP contribution in [0.3, 0.4) is 0 Å². The molecule has 0 fully saturated rings. The fraction of sp³-hybridized carbons (Fsp3) is 1.00. The van der Waals surface area contributed by atoms with Crippen LogP contribution in [0, 0.1) is 0 Å². The zero-order chi connectivity index (χ0) is 9.61. The fourth-order valence-corrected chi connectivity index (χ4v) is 1.37. The number of hydrogen-bond acceptors (Lipinski definition) is 4. The molecule has 0 rings (SSSR count). The van der Waals surface area contributed by atoms with Gasteiger partial charge in [0.1, 0.15) is 0 Å². The fourth-order valence-electron chi connectivity index (χ4n) is 0.561. The molecule has 0 saturated carbocycles. The lowest BCUT2D eigenvalue weighted by atomic mass is 10.3. The van der Waals surface area contributed by atoms with E-state index < -0.39 is 0 Å². The molecule has 1 atom stereocenters. The van der Waals surface area contributed by atoms with E-state index >= 15 is 0 Å². The molecule has 0 aliphatic carbocycles. The zero-order valence-electron chi connectivity index (χ0n) is 8.29. The molecule has 0 aliphatic heterocycles. The third kappa shape index (κ3) is 8.33. The quantitative estimate of drug-likeness (QED) is 0.530. The molecule has 0 amide bonds. The Morgan fingerprint density at radius 2 is 2.00 bits per heavy atom. The van der Waals surface area contributed by atoms with Crippen LogP contribution in [0.25, 0.3) is 0 Å². The van der Waals surface area contributed by atoms with Gasteiger partial charge in [0, 0.05) is 16.5 Å². The summed E-state index contributed by atoms with van der Waals surface area (Å²) in [5.41, 5.74) is 5.74. The van der Waals surface area contributed by atoms with Gasteiger partial charge in [-0.25, -0.2) is 9.78 Å². The highest BCUT2D eigenvalue weighted by Gasteiger charge is 2.13. The Balaban J connectivity index is 3.37. The lowest BCUT2D eigenvalue weighted by Gasteiger charge is -2.19. The van der Waals surface area contributed by atoms with Crippen molar-refractivity contribution in [3.63, 3.8) is 0 Å². The van der Waals surface area contributed by atoms with Gasteiger partial charge in [-0.05, 0) is 0 Å². The minimum atomic E-state index is 0.0502. The van der Waals surface area contributed by atoms with E-state index in [1.54, 1.807) is 0 Å². The van der Waals surface area contributed by atoms with E-state index in [4.69, 9.17) is 10.6 Å². The van der Waals surface area contributed by atoms with Crippen LogP contribution in [0.2, 0.25) is 0 Å². The van der Waals surface area contributed by atoms with Crippen molar-refractivity contribution in [2.24, 2.45) is 5.73 Å². The Labute approximate surface area is 78.9 Å². The maximum Gasteiger partial charge on any atom is 0.0981 e. The third-order valence-electron chi connectivity index (χ3n) is 1.13. The Kier molecular flexibility index (Phi) is 5.92. The van der Waals surface area contributed by atoms with Crippen LogP contribution in [0.5, 0.6) is 0 Å². The summed E-state index contributed by atoms with van der Waals surface area (Å²) in [5.74, 6) is 0.896. The average molecular weight is 193 g/mol. The number of thioether (sulfide) groups is 1. The molecule has 0 saturated heterocycles. The van der Waals surface area contributed by atoms with Crippen LogP contribution < -0.4 is 5.73 Å². The zero-order valence-corrected chi connectivity index (χ0v) is 9.11. The van der Waals surface area contributed by atoms with E-state index in [1.807, 2.05) is 11.8 Å². The van der Waals surface area contributed by atoms with Gasteiger partial charge in [0.05, 0.1) is 13.7 Å². The standard InChI is InChI=1S/C8H19NO2S/c1-8(2,3)12-6-7(9)5-11-10-4/h7H,5-6,9H2,1-4H3/t7-/m1/s1. The van der Waals surface area contributed by atoms with Crippen LogP contribution in [0.1, 0.15) is 20.8 Å². The molecular weight excluding hydrogens is 174 g/mol. The van der Waals surface area contributed by atoms with Crippen LogP contribution in [0.4, 0.5) is 0 Å². The highest BCUT2D eigenvalue weighted by molar-refractivity contribution is 8.00. The van der Waals surface area contributed by atoms with Crippen molar-refractivity contribution >= 4 is 11.8 Å². The Morgan fingerprint density at radius 1 is 1.42 bits per heavy atom. The predicted molar refractivity (Wildman–Crippen MR) is 53.1 cm³/mol. The van der Waals surface area contributed by atoms with Crippen LogP contribution in [-0.2, 0) is 9.78 Å². The van der Waals surface area contributed by atoms with Crippen molar-refractivity contribution in [2.75, 3.05) is 19.5 Å². The average Bonchev–Trinajstić information content (AvgIpc) is 1.95. The third-order valence-corrected chi connectivity index (χ3v) is 2.59. The van der Waals surface area contributed by atoms with E-state index in [1.165, 1.54) is 7.11 Å². The summed E-state index contributed by atoms with van der Waals surface area (Å²) in [6.07, 6.45) is 0. The summed E-state index contributed by atoms with van der Waals surface area (Å²) in [7, 11) is 1.49. The first-order valence-electron chi connectivity index (χ1n) is 4.01. The van der Waals surface area contributed by atoms with Gasteiger partial charge < -0.3 is 5.73 Å². The molecule has 12 heavy (non-hydrogen) atoms. The summed E-state index contributed by atoms with van der Waals surface area (Å²) < 4.78 is 0.269. The first-order chi connectivity index (χ1) is 5.45. The molecule has 0 radical (unpaired) electrons. The predicted octanol–water partition coefficient (Wildman–Crippen LogP) is 1.42. The van der Waals surface area contributed by atoms with Crippen molar-refractivity contribution in [1.29, 1.82) is 0 Å². The second-order valence-electron chi connectivity index (χ2n) is 3.63. The minimum absolute atomic E-state index is 0.0502. The largest absolute Gasteiger partial charge is 0.325 e. The highest BCUT2D eigenvalue weighted by Crippen LogP contribution is 2.23. The van der Waals surface area contributed by atoms with E-state index in [2.05, 4.69) is 25.7 Å². The lowest BCUT2D eigenvalue weighted by Crippen LogP contribution is -2.30. The van der Waals surface area contributed by atoms with Crippen molar-refractivity contribution in [3.05, 3.63) is 0 Å². The molecule has 0 aromatic heterocycles. The molecule has 3 nitrogen and oxygen atoms in total. The van der Waals surface area contributed by atoms with E-state index in [0.717, 1.165) is 5.75 Å². The number of nitrogens with two attached hydrogens (primary N) is 1. The van der Waals surface area contributed by atoms with Crippen molar-refractivity contribution in [1.82, 2.24) is 0 Å². The molecule has 74 valence electrons. The monoisotopic (exact) mass is 193 g/mol. The maximum atomic E-state index is 5.74. The molecule has 0 unspecified atom stereocenters. The van der Waals surface area contributed by atoms with Crippen molar-refractivity contribution in [2.45, 2.75) is 31.6 Å². The Hall–Kier alpha value is 0.230. The summed E-state index contributed by atoms with van der Waals surface area (Å²) in [6.45, 7) is 6.96. The first-order valence-corrected chi connectivity index (χ1v) is 4.99. The molecule has 0 aromatic carbocycles. The van der Waals surface area contributed by atoms with Gasteiger partial charge in [-0.1, -0.05) is 20.8 Å². The van der Waals surface area contributed by atoms with E-state index in [9.17, 15) is 0 Å². The number of rotatable bonds is 5. The second kappa shape index (κ2) is 5.80. The minimum Gasteiger partial charge on any atom is -0.325 e. The molecule has 0 bridgehead atoms. The van der Waals surface area contributed by atoms with Crippen LogP contribution >= 0.6 is 11.8 Å². The first kappa shape index (κ1) is 12.2. The van der Waals surface area contributed by atoms with Crippen molar-refractivity contribution in [3.8, 4) is 0 Å². The molecule has 0 aromatic rings. The van der Waals surface area contributed by atoms with Gasteiger partial charge in [-0.15, -0.1) is 0 Å². The normalized spacial score (nSPS) is 14.8. The van der Waals surface area contributed by atoms with Gasteiger partial charge in [-0.3, -0.25) is 0 Å². The molecule has 2 N–H and O–H groups in total. The smallest absolute Gasteiger partial charge is 0.0981 e. The SMILES string of the molecule is COOC[C@@H](N)CSC(C)(C)C. The van der Waals surface area contributed by atoms with Gasteiger partial charge in [-0.2, -0.15) is 11.8 Å². The molecule has 0 spiro atoms. The summed E-state index contributed by atoms with van der Waals surface area (Å²) in [5, 5.41) is 0. The summed E-state index contributed by atoms with van der Waals surface area (Å²) in [6, 6.07) is 0.0502. The van der Waals surface area contributed by atoms with Crippen LogP contribution in [-0.4, -0.2) is 30.3 Å². The van der Waals surface area contributed by atoms with E-state index in [-0.39, 0.29) is 10.8 Å². The van der Waals surface area contributed by atoms with E-state index in [0.29, 0.717) is 6.61 Å². The molecule has 0 heterocycles. The van der Waals surface area contributed by atoms with Gasteiger partial charge in [0.25, 0.3) is 0 Å². The Bertz CT molecular complexity index is 114. The highest BCUT2D eigenvalue weighted by atomic mass is 32.2. The van der Waals surface area contributed by atoms with Crippen LogP contribution in [0.15, 0.2) is 0 Å². The molecular formula is C8H19NO2S. The molecule has 0 aliphatic rings. The topological polar surface area (TPSA) is 44.5 Å². The second-order valence-corrected chi connectivity index (χ2v) is 5.48. The lowest BCUT2D eigenvalue weighted by molar-refractivity contribution is -0.273. The van der Waals surface area contributed by atoms with Gasteiger partial charge in [0.15, 0.2) is 0 Å². The summed E-state index contributed by atoms with van der Waals surface area (Å²) in [4.78, 5) is 9.18. The Morgan fingerprint density at radius 3 is 2.42 bits per heavy atom. The molecule has 4 heteroatoms. The van der Waals surface area contributed by atoms with Gasteiger partial charge >= 0.3 is 0 Å². The maximum absolute atomic E-state index is 5.74. The van der Waals surface area contributed by atoms with Crippen molar-refractivity contribution < 1.29 is 9.78 Å². The number of hydrogen-bond donors (Lipinski definition) is 1. The summed E-state index contributed by atoms with van der Waals surface area (Å²) >= 11 is 1.83. The van der Waals surface area contributed by atoms with Gasteiger partial charge in [0.2, 0.25) is 0 Å².